The number of carbonyl (C=O) groups excluding carboxylic acids is 2. The van der Waals surface area contributed by atoms with Gasteiger partial charge in [-0.25, -0.2) is 4.39 Å². The molecule has 0 saturated carbocycles. The van der Waals surface area contributed by atoms with Gasteiger partial charge in [0.2, 0.25) is 0 Å². The van der Waals surface area contributed by atoms with Gasteiger partial charge in [-0.05, 0) is 49.1 Å². The normalized spacial score (nSPS) is 12.6. The number of aromatic nitrogens is 6. The SMILES string of the molecule is CCOC(=O)[C@@H](C[C@@H](Cc1ccc(-c2cc(Cl)ccc2F)cc1)NC(=O)c1cn[nH]n1)Cn1ccnn1. The van der Waals surface area contributed by atoms with Crippen LogP contribution in [-0.4, -0.2) is 54.9 Å². The molecule has 4 rings (SSSR count). The second-order valence-corrected chi connectivity index (χ2v) is 8.80. The Morgan fingerprint density at radius 3 is 2.70 bits per heavy atom. The van der Waals surface area contributed by atoms with Crippen molar-refractivity contribution in [2.24, 2.45) is 5.92 Å². The largest absolute Gasteiger partial charge is 0.466 e. The van der Waals surface area contributed by atoms with Crippen LogP contribution in [0, 0.1) is 11.7 Å². The quantitative estimate of drug-likeness (QED) is 0.287. The average molecular weight is 526 g/mol. The molecule has 2 aromatic carbocycles. The molecule has 10 nitrogen and oxygen atoms in total. The van der Waals surface area contributed by atoms with Gasteiger partial charge in [0.15, 0.2) is 5.69 Å². The van der Waals surface area contributed by atoms with E-state index >= 15 is 0 Å². The zero-order chi connectivity index (χ0) is 26.2. The highest BCUT2D eigenvalue weighted by molar-refractivity contribution is 6.30. The summed E-state index contributed by atoms with van der Waals surface area (Å²) in [5.41, 5.74) is 2.06. The van der Waals surface area contributed by atoms with Crippen molar-refractivity contribution in [3.63, 3.8) is 0 Å². The monoisotopic (exact) mass is 525 g/mol. The number of esters is 1. The van der Waals surface area contributed by atoms with E-state index in [-0.39, 0.29) is 31.1 Å². The van der Waals surface area contributed by atoms with Crippen LogP contribution in [0.5, 0.6) is 0 Å². The van der Waals surface area contributed by atoms with Crippen molar-refractivity contribution >= 4 is 23.5 Å². The van der Waals surface area contributed by atoms with Crippen LogP contribution in [-0.2, 0) is 22.5 Å². The molecule has 0 radical (unpaired) electrons. The number of nitrogens with zero attached hydrogens (tertiary/aromatic N) is 5. The van der Waals surface area contributed by atoms with Crippen molar-refractivity contribution in [2.45, 2.75) is 32.4 Å². The number of halogens is 2. The molecule has 0 unspecified atom stereocenters. The maximum absolute atomic E-state index is 14.3. The number of amides is 1. The van der Waals surface area contributed by atoms with Gasteiger partial charge < -0.3 is 10.1 Å². The summed E-state index contributed by atoms with van der Waals surface area (Å²) in [6, 6.07) is 11.2. The number of ether oxygens (including phenoxy) is 1. The minimum absolute atomic E-state index is 0.126. The number of hydrogen-bond acceptors (Lipinski definition) is 7. The predicted octanol–water partition coefficient (Wildman–Crippen LogP) is 3.47. The van der Waals surface area contributed by atoms with E-state index in [2.05, 4.69) is 31.0 Å². The fourth-order valence-corrected chi connectivity index (χ4v) is 4.16. The Balaban J connectivity index is 1.55. The Bertz CT molecular complexity index is 1310. The van der Waals surface area contributed by atoms with E-state index in [1.807, 2.05) is 12.1 Å². The van der Waals surface area contributed by atoms with Crippen LogP contribution >= 0.6 is 11.6 Å². The lowest BCUT2D eigenvalue weighted by molar-refractivity contribution is -0.149. The molecule has 0 aliphatic rings. The van der Waals surface area contributed by atoms with Crippen LogP contribution < -0.4 is 5.32 Å². The Morgan fingerprint density at radius 1 is 1.22 bits per heavy atom. The van der Waals surface area contributed by atoms with E-state index in [1.54, 1.807) is 36.0 Å². The summed E-state index contributed by atoms with van der Waals surface area (Å²) in [5, 5.41) is 21.1. The average Bonchev–Trinajstić information content (AvgIpc) is 3.60. The van der Waals surface area contributed by atoms with Crippen LogP contribution in [0.3, 0.4) is 0 Å². The molecule has 0 bridgehead atoms. The number of aromatic amines is 1. The van der Waals surface area contributed by atoms with Crippen molar-refractivity contribution in [2.75, 3.05) is 6.61 Å². The lowest BCUT2D eigenvalue weighted by Crippen LogP contribution is -2.40. The fourth-order valence-electron chi connectivity index (χ4n) is 3.99. The summed E-state index contributed by atoms with van der Waals surface area (Å²) in [7, 11) is 0. The van der Waals surface area contributed by atoms with Gasteiger partial charge in [-0.3, -0.25) is 14.3 Å². The first-order valence-corrected chi connectivity index (χ1v) is 12.0. The van der Waals surface area contributed by atoms with E-state index < -0.39 is 23.8 Å². The van der Waals surface area contributed by atoms with Crippen LogP contribution in [0.2, 0.25) is 5.02 Å². The van der Waals surface area contributed by atoms with E-state index in [9.17, 15) is 14.0 Å². The van der Waals surface area contributed by atoms with Crippen molar-refractivity contribution in [1.29, 1.82) is 0 Å². The molecule has 2 heterocycles. The van der Waals surface area contributed by atoms with Gasteiger partial charge in [0.25, 0.3) is 5.91 Å². The standard InChI is InChI=1S/C25H25ClFN7O3/c1-2-37-25(36)18(15-34-10-9-28-33-34)12-20(30-24(35)23-14-29-32-31-23)11-16-3-5-17(6-4-16)21-13-19(26)7-8-22(21)27/h3-10,13-14,18,20H,2,11-12,15H2,1H3,(H,30,35)(H,29,31,32)/t18-,20+/m0/s1. The fraction of sp³-hybridized carbons (Fsp3) is 0.280. The summed E-state index contributed by atoms with van der Waals surface area (Å²) < 4.78 is 21.1. The summed E-state index contributed by atoms with van der Waals surface area (Å²) in [5.74, 6) is -1.80. The molecule has 4 aromatic rings. The van der Waals surface area contributed by atoms with Crippen molar-refractivity contribution in [3.8, 4) is 11.1 Å². The minimum atomic E-state index is -0.593. The molecule has 1 amide bonds. The molecule has 12 heteroatoms. The van der Waals surface area contributed by atoms with Crippen LogP contribution in [0.4, 0.5) is 4.39 Å². The third-order valence-corrected chi connectivity index (χ3v) is 5.96. The summed E-state index contributed by atoms with van der Waals surface area (Å²) in [6.45, 7) is 2.20. The second-order valence-electron chi connectivity index (χ2n) is 8.36. The summed E-state index contributed by atoms with van der Waals surface area (Å²) >= 11 is 6.04. The third kappa shape index (κ3) is 6.98. The number of H-pyrrole nitrogens is 1. The molecule has 0 saturated heterocycles. The first kappa shape index (κ1) is 26.0. The maximum atomic E-state index is 14.3. The van der Waals surface area contributed by atoms with Crippen LogP contribution in [0.25, 0.3) is 11.1 Å². The van der Waals surface area contributed by atoms with Gasteiger partial charge in [0.05, 0.1) is 31.5 Å². The van der Waals surface area contributed by atoms with Crippen molar-refractivity contribution in [1.82, 2.24) is 35.7 Å². The van der Waals surface area contributed by atoms with Gasteiger partial charge in [0.1, 0.15) is 5.82 Å². The minimum Gasteiger partial charge on any atom is -0.466 e. The molecular formula is C25H25ClFN7O3. The zero-order valence-electron chi connectivity index (χ0n) is 20.0. The number of benzene rings is 2. The number of hydrogen-bond donors (Lipinski definition) is 2. The first-order valence-electron chi connectivity index (χ1n) is 11.6. The molecule has 2 N–H and O–H groups in total. The molecule has 192 valence electrons. The predicted molar refractivity (Wildman–Crippen MR) is 133 cm³/mol. The van der Waals surface area contributed by atoms with E-state index in [4.69, 9.17) is 16.3 Å². The van der Waals surface area contributed by atoms with Gasteiger partial charge in [0, 0.05) is 22.8 Å². The highest BCUT2D eigenvalue weighted by atomic mass is 35.5. The molecule has 0 aliphatic heterocycles. The Labute approximate surface area is 217 Å². The van der Waals surface area contributed by atoms with E-state index in [0.717, 1.165) is 5.56 Å². The lowest BCUT2D eigenvalue weighted by Gasteiger charge is -2.23. The number of nitrogens with one attached hydrogen (secondary N) is 2. The maximum Gasteiger partial charge on any atom is 0.310 e. The smallest absolute Gasteiger partial charge is 0.310 e. The van der Waals surface area contributed by atoms with Crippen molar-refractivity contribution in [3.05, 3.63) is 83.2 Å². The molecule has 0 spiro atoms. The van der Waals surface area contributed by atoms with Gasteiger partial charge in [-0.2, -0.15) is 15.4 Å². The van der Waals surface area contributed by atoms with E-state index in [0.29, 0.717) is 22.6 Å². The van der Waals surface area contributed by atoms with Crippen LogP contribution in [0.15, 0.2) is 61.1 Å². The second kappa shape index (κ2) is 12.2. The van der Waals surface area contributed by atoms with Gasteiger partial charge in [-0.1, -0.05) is 41.1 Å². The third-order valence-electron chi connectivity index (χ3n) is 5.73. The Morgan fingerprint density at radius 2 is 2.03 bits per heavy atom. The molecule has 2 aromatic heterocycles. The van der Waals surface area contributed by atoms with E-state index in [1.165, 1.54) is 24.5 Å². The Kier molecular flexibility index (Phi) is 8.57. The Hall–Kier alpha value is -4.12. The first-order chi connectivity index (χ1) is 17.9. The summed E-state index contributed by atoms with van der Waals surface area (Å²) in [4.78, 5) is 25.5. The topological polar surface area (TPSA) is 128 Å². The van der Waals surface area contributed by atoms with Crippen LogP contribution in [0.1, 0.15) is 29.4 Å². The summed E-state index contributed by atoms with van der Waals surface area (Å²) in [6.07, 6.45) is 5.17. The molecule has 2 atom stereocenters. The van der Waals surface area contributed by atoms with Gasteiger partial charge >= 0.3 is 5.97 Å². The lowest BCUT2D eigenvalue weighted by atomic mass is 9.93. The highest BCUT2D eigenvalue weighted by Gasteiger charge is 2.27. The molecule has 37 heavy (non-hydrogen) atoms. The molecule has 0 fully saturated rings. The number of rotatable bonds is 11. The number of carbonyl (C=O) groups is 2. The highest BCUT2D eigenvalue weighted by Crippen LogP contribution is 2.27. The molecule has 0 aliphatic carbocycles. The zero-order valence-corrected chi connectivity index (χ0v) is 20.7. The van der Waals surface area contributed by atoms with Gasteiger partial charge in [-0.15, -0.1) is 5.10 Å². The molecular weight excluding hydrogens is 501 g/mol. The van der Waals surface area contributed by atoms with Crippen molar-refractivity contribution < 1.29 is 18.7 Å².